The predicted molar refractivity (Wildman–Crippen MR) is 91.8 cm³/mol. The highest BCUT2D eigenvalue weighted by molar-refractivity contribution is 5.85. The average molecular weight is 325 g/mol. The molecule has 0 bridgehead atoms. The summed E-state index contributed by atoms with van der Waals surface area (Å²) >= 11 is 0. The molecule has 4 aliphatic rings. The molecule has 3 heteroatoms. The third-order valence-electron chi connectivity index (χ3n) is 7.86. The van der Waals surface area contributed by atoms with E-state index in [0.29, 0.717) is 24.0 Å². The van der Waals surface area contributed by atoms with Gasteiger partial charge in [-0.3, -0.25) is 4.79 Å². The topological polar surface area (TPSA) is 61.1 Å². The van der Waals surface area contributed by atoms with Crippen LogP contribution in [-0.4, -0.2) is 17.0 Å². The summed E-state index contributed by atoms with van der Waals surface area (Å²) in [5, 5.41) is 19.2. The number of ketones is 1. The maximum Gasteiger partial charge on any atom is 0.138 e. The molecule has 0 amide bonds. The van der Waals surface area contributed by atoms with Crippen LogP contribution in [0.2, 0.25) is 0 Å². The second-order valence-electron chi connectivity index (χ2n) is 8.93. The van der Waals surface area contributed by atoms with Crippen molar-refractivity contribution in [3.63, 3.8) is 0 Å². The highest BCUT2D eigenvalue weighted by atomic mass is 16.3. The van der Waals surface area contributed by atoms with E-state index >= 15 is 0 Å². The Balaban J connectivity index is 1.75. The quantitative estimate of drug-likeness (QED) is 0.542. The number of Topliss-reactive ketones (excluding diaryl/α,β-unsaturated/α-hetero) is 1. The van der Waals surface area contributed by atoms with Crippen molar-refractivity contribution < 1.29 is 9.90 Å². The lowest BCUT2D eigenvalue weighted by Gasteiger charge is -2.56. The molecule has 128 valence electrons. The Labute approximate surface area is 144 Å². The van der Waals surface area contributed by atoms with Crippen LogP contribution in [-0.2, 0) is 4.79 Å². The molecule has 0 spiro atoms. The van der Waals surface area contributed by atoms with Gasteiger partial charge in [0.1, 0.15) is 5.78 Å². The van der Waals surface area contributed by atoms with Gasteiger partial charge in [0.25, 0.3) is 0 Å². The fourth-order valence-electron chi connectivity index (χ4n) is 6.64. The largest absolute Gasteiger partial charge is 0.393 e. The van der Waals surface area contributed by atoms with Crippen LogP contribution in [0.15, 0.2) is 23.3 Å². The smallest absolute Gasteiger partial charge is 0.138 e. The SMILES string of the molecule is CC12CC(=O)C3C(CC=C4CC(O)CCC43C)C1CCC2=CC#N. The summed E-state index contributed by atoms with van der Waals surface area (Å²) in [6.07, 6.45) is 9.94. The second kappa shape index (κ2) is 5.30. The fourth-order valence-corrected chi connectivity index (χ4v) is 6.64. The van der Waals surface area contributed by atoms with Crippen LogP contribution >= 0.6 is 0 Å². The predicted octanol–water partition coefficient (Wildman–Crippen LogP) is 3.94. The van der Waals surface area contributed by atoms with Crippen LogP contribution in [0.4, 0.5) is 0 Å². The Bertz CT molecular complexity index is 684. The van der Waals surface area contributed by atoms with Gasteiger partial charge in [-0.15, -0.1) is 0 Å². The summed E-state index contributed by atoms with van der Waals surface area (Å²) in [7, 11) is 0. The third kappa shape index (κ3) is 2.02. The first-order valence-electron chi connectivity index (χ1n) is 9.39. The van der Waals surface area contributed by atoms with E-state index in [1.165, 1.54) is 11.1 Å². The van der Waals surface area contributed by atoms with Gasteiger partial charge in [0.2, 0.25) is 0 Å². The molecule has 0 saturated heterocycles. The zero-order valence-corrected chi connectivity index (χ0v) is 14.7. The molecule has 0 aliphatic heterocycles. The number of hydrogen-bond donors (Lipinski definition) is 1. The van der Waals surface area contributed by atoms with Gasteiger partial charge in [0, 0.05) is 18.4 Å². The molecule has 1 N–H and O–H groups in total. The molecule has 0 aromatic carbocycles. The van der Waals surface area contributed by atoms with Gasteiger partial charge >= 0.3 is 0 Å². The molecule has 0 aromatic rings. The standard InChI is InChI=1S/C21H27NO2/c1-20-9-7-15(23)11-14(20)3-5-16-17-6-4-13(8-10-22)21(17,2)12-18(24)19(16)20/h3,8,15-17,19,23H,4-7,9,11-12H2,1-2H3. The minimum Gasteiger partial charge on any atom is -0.393 e. The van der Waals surface area contributed by atoms with Crippen molar-refractivity contribution in [2.45, 2.75) is 64.9 Å². The summed E-state index contributed by atoms with van der Waals surface area (Å²) in [5.41, 5.74) is 2.36. The Hall–Kier alpha value is -1.40. The molecule has 3 nitrogen and oxygen atoms in total. The van der Waals surface area contributed by atoms with Crippen LogP contribution < -0.4 is 0 Å². The van der Waals surface area contributed by atoms with Gasteiger partial charge in [0.05, 0.1) is 12.2 Å². The Kier molecular flexibility index (Phi) is 3.55. The minimum atomic E-state index is -0.235. The highest BCUT2D eigenvalue weighted by Crippen LogP contribution is 2.64. The molecule has 24 heavy (non-hydrogen) atoms. The molecule has 0 aromatic heterocycles. The number of aliphatic hydroxyl groups is 1. The molecular formula is C21H27NO2. The van der Waals surface area contributed by atoms with E-state index in [2.05, 4.69) is 26.0 Å². The summed E-state index contributed by atoms with van der Waals surface area (Å²) in [6, 6.07) is 2.20. The van der Waals surface area contributed by atoms with Crippen molar-refractivity contribution in [2.24, 2.45) is 28.6 Å². The van der Waals surface area contributed by atoms with Gasteiger partial charge in [-0.25, -0.2) is 0 Å². The molecule has 4 aliphatic carbocycles. The van der Waals surface area contributed by atoms with Crippen LogP contribution in [0.3, 0.4) is 0 Å². The average Bonchev–Trinajstić information content (AvgIpc) is 2.84. The first kappa shape index (κ1) is 16.1. The van der Waals surface area contributed by atoms with E-state index in [9.17, 15) is 9.90 Å². The van der Waals surface area contributed by atoms with Crippen LogP contribution in [0.25, 0.3) is 0 Å². The molecule has 3 fully saturated rings. The van der Waals surface area contributed by atoms with Crippen molar-refractivity contribution in [3.05, 3.63) is 23.3 Å². The summed E-state index contributed by atoms with van der Waals surface area (Å²) in [6.45, 7) is 4.48. The minimum absolute atomic E-state index is 0.0533. The van der Waals surface area contributed by atoms with Crippen LogP contribution in [0.1, 0.15) is 58.8 Å². The first-order chi connectivity index (χ1) is 11.4. The number of allylic oxidation sites excluding steroid dienone is 3. The molecule has 6 atom stereocenters. The van der Waals surface area contributed by atoms with E-state index in [1.807, 2.05) is 0 Å². The van der Waals surface area contributed by atoms with Crippen LogP contribution in [0, 0.1) is 39.9 Å². The number of rotatable bonds is 0. The number of nitrogens with zero attached hydrogens (tertiary/aromatic N) is 1. The lowest BCUT2D eigenvalue weighted by molar-refractivity contribution is -0.141. The molecule has 3 saturated carbocycles. The van der Waals surface area contributed by atoms with Gasteiger partial charge in [-0.05, 0) is 61.2 Å². The zero-order chi connectivity index (χ0) is 17.1. The van der Waals surface area contributed by atoms with Crippen molar-refractivity contribution in [2.75, 3.05) is 0 Å². The summed E-state index contributed by atoms with van der Waals surface area (Å²) in [4.78, 5) is 13.3. The lowest BCUT2D eigenvalue weighted by atomic mass is 9.47. The number of carbonyl (C=O) groups excluding carboxylic acids is 1. The lowest BCUT2D eigenvalue weighted by Crippen LogP contribution is -2.53. The van der Waals surface area contributed by atoms with Crippen LogP contribution in [0.5, 0.6) is 0 Å². The molecule has 6 unspecified atom stereocenters. The maximum atomic E-state index is 13.3. The number of hydrogen-bond acceptors (Lipinski definition) is 3. The van der Waals surface area contributed by atoms with Crippen molar-refractivity contribution in [1.29, 1.82) is 5.26 Å². The Morgan fingerprint density at radius 1 is 1.33 bits per heavy atom. The first-order valence-corrected chi connectivity index (χ1v) is 9.39. The van der Waals surface area contributed by atoms with E-state index in [0.717, 1.165) is 38.5 Å². The molecule has 0 radical (unpaired) electrons. The highest BCUT2D eigenvalue weighted by Gasteiger charge is 2.60. The summed E-state index contributed by atoms with van der Waals surface area (Å²) in [5.74, 6) is 1.43. The number of aliphatic hydroxyl groups excluding tert-OH is 1. The van der Waals surface area contributed by atoms with E-state index < -0.39 is 0 Å². The zero-order valence-electron chi connectivity index (χ0n) is 14.7. The number of nitriles is 1. The number of fused-ring (bicyclic) bond motifs is 5. The molecular weight excluding hydrogens is 298 g/mol. The van der Waals surface area contributed by atoms with Crippen molar-refractivity contribution >= 4 is 5.78 Å². The van der Waals surface area contributed by atoms with Gasteiger partial charge < -0.3 is 5.11 Å². The van der Waals surface area contributed by atoms with E-state index in [-0.39, 0.29) is 22.9 Å². The second-order valence-corrected chi connectivity index (χ2v) is 8.93. The third-order valence-corrected chi connectivity index (χ3v) is 7.86. The van der Waals surface area contributed by atoms with Gasteiger partial charge in [-0.2, -0.15) is 5.26 Å². The fraction of sp³-hybridized carbons (Fsp3) is 0.714. The Morgan fingerprint density at radius 3 is 2.88 bits per heavy atom. The summed E-state index contributed by atoms with van der Waals surface area (Å²) < 4.78 is 0. The number of carbonyl (C=O) groups is 1. The van der Waals surface area contributed by atoms with Crippen molar-refractivity contribution in [3.8, 4) is 6.07 Å². The van der Waals surface area contributed by atoms with Gasteiger partial charge in [-0.1, -0.05) is 31.1 Å². The van der Waals surface area contributed by atoms with Crippen molar-refractivity contribution in [1.82, 2.24) is 0 Å². The maximum absolute atomic E-state index is 13.3. The van der Waals surface area contributed by atoms with E-state index in [1.54, 1.807) is 6.08 Å². The molecule has 4 rings (SSSR count). The Morgan fingerprint density at radius 2 is 2.12 bits per heavy atom. The monoisotopic (exact) mass is 325 g/mol. The normalized spacial score (nSPS) is 49.0. The van der Waals surface area contributed by atoms with Gasteiger partial charge in [0.15, 0.2) is 0 Å². The molecule has 0 heterocycles. The van der Waals surface area contributed by atoms with E-state index in [4.69, 9.17) is 5.26 Å².